The van der Waals surface area contributed by atoms with Crippen LogP contribution in [-0.4, -0.2) is 26.6 Å². The van der Waals surface area contributed by atoms with E-state index in [4.69, 9.17) is 11.6 Å². The van der Waals surface area contributed by atoms with Gasteiger partial charge in [0, 0.05) is 28.8 Å². The number of halogens is 3. The minimum absolute atomic E-state index is 0.00724. The molecule has 9 heteroatoms. The molecule has 5 nitrogen and oxygen atoms in total. The van der Waals surface area contributed by atoms with Gasteiger partial charge in [-0.1, -0.05) is 49.7 Å². The first kappa shape index (κ1) is 24.8. The van der Waals surface area contributed by atoms with E-state index in [0.717, 1.165) is 29.4 Å². The zero-order valence-electron chi connectivity index (χ0n) is 17.6. The third kappa shape index (κ3) is 7.04. The normalized spacial score (nSPS) is 13.9. The average molecular weight is 471 g/mol. The van der Waals surface area contributed by atoms with Crippen LogP contribution in [0.1, 0.15) is 42.7 Å². The Morgan fingerprint density at radius 1 is 1.10 bits per heavy atom. The highest BCUT2D eigenvalue weighted by atomic mass is 35.5. The fourth-order valence-electron chi connectivity index (χ4n) is 2.92. The SMILES string of the molecule is CC(C)[C@H](Nc1cc(F)c(C(=O)N[C@H](C)/C=C/S(C)(=O)=O)cc1F)c1ccccc1Cl. The molecule has 0 aromatic heterocycles. The van der Waals surface area contributed by atoms with Crippen molar-refractivity contribution in [2.24, 2.45) is 5.92 Å². The second kappa shape index (κ2) is 10.2. The maximum atomic E-state index is 14.7. The molecule has 168 valence electrons. The fraction of sp³-hybridized carbons (Fsp3) is 0.318. The van der Waals surface area contributed by atoms with Crippen molar-refractivity contribution >= 4 is 33.0 Å². The van der Waals surface area contributed by atoms with Gasteiger partial charge in [0.15, 0.2) is 9.84 Å². The highest BCUT2D eigenvalue weighted by Crippen LogP contribution is 2.33. The van der Waals surface area contributed by atoms with Crippen LogP contribution in [0, 0.1) is 17.6 Å². The van der Waals surface area contributed by atoms with Crippen molar-refractivity contribution in [1.29, 1.82) is 0 Å². The van der Waals surface area contributed by atoms with Gasteiger partial charge in [-0.15, -0.1) is 0 Å². The molecular formula is C22H25ClF2N2O3S. The van der Waals surface area contributed by atoms with E-state index >= 15 is 0 Å². The summed E-state index contributed by atoms with van der Waals surface area (Å²) < 4.78 is 51.7. The average Bonchev–Trinajstić information content (AvgIpc) is 2.66. The number of anilines is 1. The van der Waals surface area contributed by atoms with Crippen molar-refractivity contribution in [3.63, 3.8) is 0 Å². The Kier molecular flexibility index (Phi) is 8.20. The topological polar surface area (TPSA) is 75.3 Å². The Hall–Kier alpha value is -2.45. The van der Waals surface area contributed by atoms with Gasteiger partial charge in [-0.2, -0.15) is 0 Å². The third-order valence-electron chi connectivity index (χ3n) is 4.49. The Bertz CT molecular complexity index is 1090. The molecule has 2 aromatic rings. The lowest BCUT2D eigenvalue weighted by atomic mass is 9.95. The lowest BCUT2D eigenvalue weighted by Crippen LogP contribution is -2.32. The summed E-state index contributed by atoms with van der Waals surface area (Å²) in [5, 5.41) is 6.83. The second-order valence-electron chi connectivity index (χ2n) is 7.62. The Labute approximate surface area is 186 Å². The number of hydrogen-bond acceptors (Lipinski definition) is 4. The van der Waals surface area contributed by atoms with Gasteiger partial charge in [-0.05, 0) is 30.5 Å². The number of carbonyl (C=O) groups excluding carboxylic acids is 1. The summed E-state index contributed by atoms with van der Waals surface area (Å²) in [5.41, 5.74) is 0.159. The van der Waals surface area contributed by atoms with Crippen molar-refractivity contribution < 1.29 is 22.0 Å². The first-order valence-electron chi connectivity index (χ1n) is 9.58. The number of benzene rings is 2. The summed E-state index contributed by atoms with van der Waals surface area (Å²) in [6, 6.07) is 7.76. The molecule has 2 aromatic carbocycles. The summed E-state index contributed by atoms with van der Waals surface area (Å²) in [5.74, 6) is -2.57. The number of carbonyl (C=O) groups is 1. The quantitative estimate of drug-likeness (QED) is 0.562. The summed E-state index contributed by atoms with van der Waals surface area (Å²) in [6.45, 7) is 5.35. The molecule has 0 heterocycles. The Morgan fingerprint density at radius 2 is 1.74 bits per heavy atom. The molecule has 0 unspecified atom stereocenters. The number of nitrogens with one attached hydrogen (secondary N) is 2. The first-order chi connectivity index (χ1) is 14.4. The highest BCUT2D eigenvalue weighted by molar-refractivity contribution is 7.93. The maximum absolute atomic E-state index is 14.7. The zero-order valence-corrected chi connectivity index (χ0v) is 19.2. The molecule has 0 fully saturated rings. The number of rotatable bonds is 8. The fourth-order valence-corrected chi connectivity index (χ4v) is 3.70. The van der Waals surface area contributed by atoms with E-state index in [1.807, 2.05) is 26.0 Å². The van der Waals surface area contributed by atoms with Gasteiger partial charge in [0.1, 0.15) is 11.6 Å². The van der Waals surface area contributed by atoms with E-state index in [1.165, 1.54) is 13.0 Å². The number of sulfone groups is 1. The predicted molar refractivity (Wildman–Crippen MR) is 120 cm³/mol. The Balaban J connectivity index is 2.26. The second-order valence-corrected chi connectivity index (χ2v) is 9.96. The van der Waals surface area contributed by atoms with Gasteiger partial charge in [-0.3, -0.25) is 4.79 Å². The van der Waals surface area contributed by atoms with Crippen molar-refractivity contribution in [3.05, 3.63) is 75.7 Å². The highest BCUT2D eigenvalue weighted by Gasteiger charge is 2.22. The molecule has 0 radical (unpaired) electrons. The van der Waals surface area contributed by atoms with Gasteiger partial charge >= 0.3 is 0 Å². The standard InChI is InChI=1S/C22H25ClF2N2O3S/c1-13(2)21(15-7-5-6-8-17(15)23)27-20-12-18(24)16(11-19(20)25)22(28)26-14(3)9-10-31(4,29)30/h5-14,21,27H,1-4H3,(H,26,28)/b10-9+/t14-,21+/m1/s1. The van der Waals surface area contributed by atoms with Crippen LogP contribution in [0.5, 0.6) is 0 Å². The van der Waals surface area contributed by atoms with Crippen molar-refractivity contribution in [2.45, 2.75) is 32.9 Å². The van der Waals surface area contributed by atoms with Crippen LogP contribution in [0.15, 0.2) is 47.9 Å². The molecule has 31 heavy (non-hydrogen) atoms. The van der Waals surface area contributed by atoms with Gasteiger partial charge in [0.2, 0.25) is 0 Å². The number of amides is 1. The van der Waals surface area contributed by atoms with Crippen LogP contribution >= 0.6 is 11.6 Å². The van der Waals surface area contributed by atoms with Crippen LogP contribution in [-0.2, 0) is 9.84 Å². The van der Waals surface area contributed by atoms with Crippen LogP contribution in [0.2, 0.25) is 5.02 Å². The summed E-state index contributed by atoms with van der Waals surface area (Å²) >= 11 is 6.27. The number of hydrogen-bond donors (Lipinski definition) is 2. The van der Waals surface area contributed by atoms with Gasteiger partial charge < -0.3 is 10.6 Å². The molecular weight excluding hydrogens is 446 g/mol. The van der Waals surface area contributed by atoms with E-state index < -0.39 is 39.0 Å². The molecule has 0 saturated heterocycles. The lowest BCUT2D eigenvalue weighted by Gasteiger charge is -2.25. The summed E-state index contributed by atoms with van der Waals surface area (Å²) in [4.78, 5) is 12.3. The molecule has 0 spiro atoms. The molecule has 2 atom stereocenters. The van der Waals surface area contributed by atoms with Gasteiger partial charge in [-0.25, -0.2) is 17.2 Å². The first-order valence-corrected chi connectivity index (χ1v) is 11.9. The van der Waals surface area contributed by atoms with Crippen LogP contribution < -0.4 is 10.6 Å². The molecule has 0 bridgehead atoms. The van der Waals surface area contributed by atoms with E-state index in [0.29, 0.717) is 5.02 Å². The minimum Gasteiger partial charge on any atom is -0.375 e. The largest absolute Gasteiger partial charge is 0.375 e. The van der Waals surface area contributed by atoms with E-state index in [1.54, 1.807) is 12.1 Å². The van der Waals surface area contributed by atoms with Crippen molar-refractivity contribution in [1.82, 2.24) is 5.32 Å². The van der Waals surface area contributed by atoms with Crippen LogP contribution in [0.4, 0.5) is 14.5 Å². The van der Waals surface area contributed by atoms with Crippen LogP contribution in [0.3, 0.4) is 0 Å². The molecule has 0 aliphatic carbocycles. The van der Waals surface area contributed by atoms with Gasteiger partial charge in [0.05, 0.1) is 17.3 Å². The minimum atomic E-state index is -3.37. The molecule has 2 rings (SSSR count). The van der Waals surface area contributed by atoms with Crippen molar-refractivity contribution in [2.75, 3.05) is 11.6 Å². The van der Waals surface area contributed by atoms with E-state index in [9.17, 15) is 22.0 Å². The van der Waals surface area contributed by atoms with E-state index in [2.05, 4.69) is 10.6 Å². The lowest BCUT2D eigenvalue weighted by molar-refractivity contribution is 0.0942. The Morgan fingerprint density at radius 3 is 2.32 bits per heavy atom. The van der Waals surface area contributed by atoms with Crippen molar-refractivity contribution in [3.8, 4) is 0 Å². The van der Waals surface area contributed by atoms with E-state index in [-0.39, 0.29) is 17.6 Å². The molecule has 2 N–H and O–H groups in total. The zero-order chi connectivity index (χ0) is 23.3. The monoisotopic (exact) mass is 470 g/mol. The third-order valence-corrected chi connectivity index (χ3v) is 5.49. The predicted octanol–water partition coefficient (Wildman–Crippen LogP) is 5.10. The summed E-state index contributed by atoms with van der Waals surface area (Å²) in [6.07, 6.45) is 2.25. The molecule has 0 aliphatic heterocycles. The molecule has 1 amide bonds. The molecule has 0 aliphatic rings. The smallest absolute Gasteiger partial charge is 0.254 e. The maximum Gasteiger partial charge on any atom is 0.254 e. The van der Waals surface area contributed by atoms with Gasteiger partial charge in [0.25, 0.3) is 5.91 Å². The van der Waals surface area contributed by atoms with Crippen LogP contribution in [0.25, 0.3) is 0 Å². The molecule has 0 saturated carbocycles. The summed E-state index contributed by atoms with van der Waals surface area (Å²) in [7, 11) is -3.37.